The normalized spacial score (nSPS) is 13.1. The van der Waals surface area contributed by atoms with Crippen molar-refractivity contribution in [1.29, 1.82) is 5.41 Å². The number of carbonyl (C=O) groups is 5. The van der Waals surface area contributed by atoms with Gasteiger partial charge in [0.05, 0.1) is 6.21 Å². The van der Waals surface area contributed by atoms with Gasteiger partial charge in [-0.05, 0) is 24.1 Å². The number of benzene rings is 1. The van der Waals surface area contributed by atoms with E-state index in [1.54, 1.807) is 24.3 Å². The van der Waals surface area contributed by atoms with Crippen LogP contribution in [0.25, 0.3) is 0 Å². The molecule has 1 rings (SSSR count). The maximum absolute atomic E-state index is 12.8. The van der Waals surface area contributed by atoms with E-state index in [2.05, 4.69) is 16.0 Å². The number of thioether (sulfide) groups is 1. The molecule has 3 atom stereocenters. The van der Waals surface area contributed by atoms with Crippen LogP contribution in [0.15, 0.2) is 24.3 Å². The van der Waals surface area contributed by atoms with Gasteiger partial charge in [0.2, 0.25) is 17.7 Å². The Morgan fingerprint density at radius 1 is 1.09 bits per heavy atom. The van der Waals surface area contributed by atoms with Crippen LogP contribution in [0, 0.1) is 5.41 Å². The zero-order chi connectivity index (χ0) is 25.7. The van der Waals surface area contributed by atoms with E-state index >= 15 is 0 Å². The monoisotopic (exact) mass is 513 g/mol. The average molecular weight is 514 g/mol. The number of amides is 3. The lowest BCUT2D eigenvalue weighted by molar-refractivity contribution is -0.138. The molecule has 186 valence electrons. The molecule has 7 N–H and O–H groups in total. The third kappa shape index (κ3) is 11.3. The quantitative estimate of drug-likeness (QED) is 0.178. The minimum Gasteiger partial charge on any atom is -0.480 e. The van der Waals surface area contributed by atoms with Crippen molar-refractivity contribution >= 4 is 59.1 Å². The van der Waals surface area contributed by atoms with E-state index in [4.69, 9.17) is 27.9 Å². The summed E-state index contributed by atoms with van der Waals surface area (Å²) in [7, 11) is 0. The summed E-state index contributed by atoms with van der Waals surface area (Å²) in [5.74, 6) is -3.40. The molecule has 0 bridgehead atoms. The Balaban J connectivity index is 2.85. The Morgan fingerprint density at radius 3 is 2.29 bits per heavy atom. The van der Waals surface area contributed by atoms with Gasteiger partial charge in [-0.25, -0.2) is 0 Å². The summed E-state index contributed by atoms with van der Waals surface area (Å²) in [5.41, 5.74) is 6.22. The van der Waals surface area contributed by atoms with Gasteiger partial charge in [0, 0.05) is 36.4 Å². The lowest BCUT2D eigenvalue weighted by Gasteiger charge is -2.23. The van der Waals surface area contributed by atoms with Crippen molar-refractivity contribution in [2.24, 2.45) is 5.73 Å². The van der Waals surface area contributed by atoms with Gasteiger partial charge in [0.25, 0.3) is 0 Å². The third-order valence-electron chi connectivity index (χ3n) is 4.45. The van der Waals surface area contributed by atoms with E-state index in [-0.39, 0.29) is 30.9 Å². The Labute approximate surface area is 206 Å². The van der Waals surface area contributed by atoms with Gasteiger partial charge in [-0.15, -0.1) is 0 Å². The fourth-order valence-electron chi connectivity index (χ4n) is 2.63. The molecular formula is C21H28ClN5O6S. The van der Waals surface area contributed by atoms with Gasteiger partial charge < -0.3 is 32.2 Å². The molecule has 0 spiro atoms. The molecular weight excluding hydrogens is 486 g/mol. The summed E-state index contributed by atoms with van der Waals surface area (Å²) < 4.78 is 0. The van der Waals surface area contributed by atoms with Crippen molar-refractivity contribution in [2.45, 2.75) is 44.4 Å². The first-order valence-electron chi connectivity index (χ1n) is 10.2. The summed E-state index contributed by atoms with van der Waals surface area (Å²) >= 11 is 6.91. The molecule has 0 aromatic heterocycles. The Morgan fingerprint density at radius 2 is 1.74 bits per heavy atom. The molecule has 13 heteroatoms. The van der Waals surface area contributed by atoms with Crippen molar-refractivity contribution in [3.63, 3.8) is 0 Å². The maximum atomic E-state index is 12.8. The topological polar surface area (TPSA) is 192 Å². The molecule has 0 radical (unpaired) electrons. The van der Waals surface area contributed by atoms with Crippen LogP contribution >= 0.6 is 23.4 Å². The first-order valence-corrected chi connectivity index (χ1v) is 11.8. The number of Topliss-reactive ketones (excluding diaryl/α,β-unsaturated/α-hetero) is 1. The second-order valence-electron chi connectivity index (χ2n) is 7.29. The summed E-state index contributed by atoms with van der Waals surface area (Å²) in [6.45, 7) is 1.37. The maximum Gasteiger partial charge on any atom is 0.321 e. The minimum absolute atomic E-state index is 0.0114. The Kier molecular flexibility index (Phi) is 12.9. The van der Waals surface area contributed by atoms with E-state index in [0.29, 0.717) is 11.2 Å². The van der Waals surface area contributed by atoms with Crippen molar-refractivity contribution in [2.75, 3.05) is 11.5 Å². The highest BCUT2D eigenvalue weighted by Gasteiger charge is 2.27. The van der Waals surface area contributed by atoms with E-state index in [1.807, 2.05) is 0 Å². The fraction of sp³-hybridized carbons (Fsp3) is 0.429. The van der Waals surface area contributed by atoms with Crippen molar-refractivity contribution in [1.82, 2.24) is 16.0 Å². The molecule has 0 saturated heterocycles. The summed E-state index contributed by atoms with van der Waals surface area (Å²) in [6.07, 6.45) is 0.430. The molecule has 0 heterocycles. The highest BCUT2D eigenvalue weighted by atomic mass is 35.5. The molecule has 11 nitrogen and oxygen atoms in total. The second kappa shape index (κ2) is 15.0. The predicted molar refractivity (Wildman–Crippen MR) is 129 cm³/mol. The molecule has 0 aliphatic rings. The zero-order valence-electron chi connectivity index (χ0n) is 18.5. The Bertz CT molecular complexity index is 898. The van der Waals surface area contributed by atoms with Gasteiger partial charge in [-0.2, -0.15) is 11.8 Å². The van der Waals surface area contributed by atoms with Gasteiger partial charge >= 0.3 is 5.97 Å². The number of carbonyl (C=O) groups excluding carboxylic acids is 4. The summed E-state index contributed by atoms with van der Waals surface area (Å²) in [6, 6.07) is 3.47. The van der Waals surface area contributed by atoms with Gasteiger partial charge in [0.1, 0.15) is 18.1 Å². The molecule has 0 aliphatic heterocycles. The smallest absolute Gasteiger partial charge is 0.321 e. The number of carboxylic acid groups (broad SMARTS) is 1. The zero-order valence-corrected chi connectivity index (χ0v) is 20.1. The third-order valence-corrected chi connectivity index (χ3v) is 5.86. The van der Waals surface area contributed by atoms with Crippen molar-refractivity contribution < 1.29 is 29.1 Å². The number of rotatable bonds is 15. The molecule has 0 unspecified atom stereocenters. The molecule has 1 aromatic carbocycles. The van der Waals surface area contributed by atoms with Crippen LogP contribution in [-0.2, 0) is 30.5 Å². The van der Waals surface area contributed by atoms with Crippen LogP contribution in [0.5, 0.6) is 0 Å². The fourth-order valence-corrected chi connectivity index (χ4v) is 3.76. The Hall–Kier alpha value is -2.96. The van der Waals surface area contributed by atoms with Crippen LogP contribution in [-0.4, -0.2) is 70.4 Å². The highest BCUT2D eigenvalue weighted by Crippen LogP contribution is 2.10. The average Bonchev–Trinajstić information content (AvgIpc) is 2.79. The number of ketones is 1. The number of nitrogens with one attached hydrogen (secondary N) is 4. The molecule has 34 heavy (non-hydrogen) atoms. The number of halogens is 1. The first-order chi connectivity index (χ1) is 16.0. The largest absolute Gasteiger partial charge is 0.480 e. The van der Waals surface area contributed by atoms with Gasteiger partial charge in [0.15, 0.2) is 5.78 Å². The lowest BCUT2D eigenvalue weighted by Crippen LogP contribution is -2.54. The summed E-state index contributed by atoms with van der Waals surface area (Å²) in [4.78, 5) is 59.5. The first kappa shape index (κ1) is 29.1. The van der Waals surface area contributed by atoms with Crippen molar-refractivity contribution in [3.05, 3.63) is 34.9 Å². The summed E-state index contributed by atoms with van der Waals surface area (Å²) in [5, 5.41) is 24.1. The second-order valence-corrected chi connectivity index (χ2v) is 8.80. The van der Waals surface area contributed by atoms with Crippen LogP contribution in [0.1, 0.15) is 25.3 Å². The van der Waals surface area contributed by atoms with Crippen molar-refractivity contribution in [3.8, 4) is 0 Å². The van der Waals surface area contributed by atoms with E-state index in [0.717, 1.165) is 17.3 Å². The number of hydrogen-bond acceptors (Lipinski definition) is 8. The van der Waals surface area contributed by atoms with Crippen LogP contribution in [0.4, 0.5) is 0 Å². The SMILES string of the molecule is CC(=O)N[C@H](CSC[C@H](N)C(=O)O)C(=O)N[C@@H](CCC(=O)C=N)C(=O)NCc1ccc(Cl)cc1. The standard InChI is InChI=1S/C21H28ClN5O6S/c1-12(28)26-18(11-34-10-16(24)21(32)33)20(31)27-17(7-6-15(29)8-23)19(30)25-9-13-2-4-14(22)5-3-13/h2-5,8,16-18,23H,6-7,9-11,24H2,1H3,(H,25,30)(H,26,28)(H,27,31)(H,32,33)/t16-,17-,18+/m0/s1. The molecule has 0 saturated carbocycles. The van der Waals surface area contributed by atoms with Crippen LogP contribution in [0.3, 0.4) is 0 Å². The number of nitrogens with two attached hydrogens (primary N) is 1. The molecule has 0 fully saturated rings. The highest BCUT2D eigenvalue weighted by molar-refractivity contribution is 7.99. The van der Waals surface area contributed by atoms with E-state index in [1.165, 1.54) is 6.92 Å². The van der Waals surface area contributed by atoms with E-state index in [9.17, 15) is 24.0 Å². The predicted octanol–water partition coefficient (Wildman–Crippen LogP) is 0.0897. The van der Waals surface area contributed by atoms with Gasteiger partial charge in [-0.1, -0.05) is 23.7 Å². The molecule has 1 aromatic rings. The molecule has 3 amide bonds. The lowest BCUT2D eigenvalue weighted by atomic mass is 10.1. The number of carboxylic acids is 1. The van der Waals surface area contributed by atoms with Gasteiger partial charge in [-0.3, -0.25) is 24.0 Å². The minimum atomic E-state index is -1.19. The number of aliphatic carboxylic acids is 1. The molecule has 0 aliphatic carbocycles. The van der Waals surface area contributed by atoms with Crippen LogP contribution in [0.2, 0.25) is 5.02 Å². The van der Waals surface area contributed by atoms with Crippen LogP contribution < -0.4 is 21.7 Å². The van der Waals surface area contributed by atoms with E-state index < -0.39 is 47.6 Å². The number of hydrogen-bond donors (Lipinski definition) is 6.